The van der Waals surface area contributed by atoms with Crippen LogP contribution in [0.1, 0.15) is 11.7 Å². The fourth-order valence-corrected chi connectivity index (χ4v) is 1.80. The molecule has 2 aromatic rings. The molecule has 0 spiro atoms. The zero-order valence-corrected chi connectivity index (χ0v) is 11.5. The Labute approximate surface area is 125 Å². The van der Waals surface area contributed by atoms with Gasteiger partial charge in [0, 0.05) is 18.9 Å². The number of nitrogens with zero attached hydrogens (tertiary/aromatic N) is 2. The first-order chi connectivity index (χ1) is 10.5. The molecule has 0 saturated heterocycles. The number of imidazole rings is 1. The number of ether oxygens (including phenoxy) is 1. The molecule has 0 saturated carbocycles. The molecule has 0 bridgehead atoms. The second kappa shape index (κ2) is 7.51. The average Bonchev–Trinajstić information content (AvgIpc) is 2.98. The van der Waals surface area contributed by atoms with Crippen molar-refractivity contribution >= 4 is 5.91 Å². The summed E-state index contributed by atoms with van der Waals surface area (Å²) in [6.07, 6.45) is 3.79. The first-order valence-corrected chi connectivity index (χ1v) is 6.50. The average molecular weight is 311 g/mol. The lowest BCUT2D eigenvalue weighted by molar-refractivity contribution is -0.122. The van der Waals surface area contributed by atoms with Crippen LogP contribution in [0.5, 0.6) is 5.75 Å². The summed E-state index contributed by atoms with van der Waals surface area (Å²) in [5.41, 5.74) is 0.490. The fourth-order valence-electron chi connectivity index (χ4n) is 1.80. The minimum absolute atomic E-state index is 0.00935. The van der Waals surface area contributed by atoms with Crippen LogP contribution in [0.3, 0.4) is 0 Å². The quantitative estimate of drug-likeness (QED) is 0.809. The first kappa shape index (κ1) is 15.9. The Morgan fingerprint density at radius 1 is 1.36 bits per heavy atom. The maximum atomic E-state index is 12.0. The standard InChI is InChI=1S/C14H15F2N3O3/c15-14(16)22-11-3-1-10(2-4-11)12(20)7-18-13(21)8-19-6-5-17-9-19/h1-6,9,12,14,20H,7-8H2,(H,18,21). The highest BCUT2D eigenvalue weighted by atomic mass is 19.3. The minimum atomic E-state index is -2.89. The Kier molecular flexibility index (Phi) is 5.42. The molecule has 0 aliphatic carbocycles. The second-order valence-corrected chi connectivity index (χ2v) is 4.50. The summed E-state index contributed by atoms with van der Waals surface area (Å²) < 4.78 is 29.8. The number of benzene rings is 1. The Hall–Kier alpha value is -2.48. The number of aliphatic hydroxyl groups is 1. The molecule has 22 heavy (non-hydrogen) atoms. The van der Waals surface area contributed by atoms with Gasteiger partial charge in [0.2, 0.25) is 5.91 Å². The molecule has 0 aliphatic heterocycles. The lowest BCUT2D eigenvalue weighted by atomic mass is 10.1. The Morgan fingerprint density at radius 3 is 2.68 bits per heavy atom. The molecule has 2 N–H and O–H groups in total. The van der Waals surface area contributed by atoms with Crippen LogP contribution in [0.2, 0.25) is 0 Å². The summed E-state index contributed by atoms with van der Waals surface area (Å²) in [6.45, 7) is -2.77. The van der Waals surface area contributed by atoms with Gasteiger partial charge in [-0.05, 0) is 17.7 Å². The molecule has 8 heteroatoms. The number of hydrogen-bond donors (Lipinski definition) is 2. The maximum absolute atomic E-state index is 12.0. The van der Waals surface area contributed by atoms with Crippen LogP contribution in [0.15, 0.2) is 43.0 Å². The van der Waals surface area contributed by atoms with Gasteiger partial charge in [-0.1, -0.05) is 12.1 Å². The van der Waals surface area contributed by atoms with E-state index in [0.29, 0.717) is 5.56 Å². The summed E-state index contributed by atoms with van der Waals surface area (Å²) in [5, 5.41) is 12.5. The van der Waals surface area contributed by atoms with E-state index in [1.54, 1.807) is 17.0 Å². The van der Waals surface area contributed by atoms with E-state index in [-0.39, 0.29) is 24.7 Å². The predicted molar refractivity (Wildman–Crippen MR) is 73.3 cm³/mol. The van der Waals surface area contributed by atoms with Crippen molar-refractivity contribution in [3.8, 4) is 5.75 Å². The van der Waals surface area contributed by atoms with Gasteiger partial charge in [-0.2, -0.15) is 8.78 Å². The molecule has 1 heterocycles. The van der Waals surface area contributed by atoms with Gasteiger partial charge < -0.3 is 19.7 Å². The molecule has 2 rings (SSSR count). The molecule has 6 nitrogen and oxygen atoms in total. The molecule has 1 aromatic heterocycles. The maximum Gasteiger partial charge on any atom is 0.387 e. The van der Waals surface area contributed by atoms with E-state index in [0.717, 1.165) is 0 Å². The van der Waals surface area contributed by atoms with Gasteiger partial charge in [0.1, 0.15) is 12.3 Å². The first-order valence-electron chi connectivity index (χ1n) is 6.50. The minimum Gasteiger partial charge on any atom is -0.435 e. The van der Waals surface area contributed by atoms with Crippen molar-refractivity contribution in [2.45, 2.75) is 19.3 Å². The third kappa shape index (κ3) is 4.81. The molecule has 1 atom stereocenters. The smallest absolute Gasteiger partial charge is 0.387 e. The monoisotopic (exact) mass is 311 g/mol. The Bertz CT molecular complexity index is 588. The number of hydrogen-bond acceptors (Lipinski definition) is 4. The van der Waals surface area contributed by atoms with Crippen LogP contribution in [-0.2, 0) is 11.3 Å². The van der Waals surface area contributed by atoms with Crippen LogP contribution in [0.25, 0.3) is 0 Å². The Morgan fingerprint density at radius 2 is 2.09 bits per heavy atom. The molecular formula is C14H15F2N3O3. The van der Waals surface area contributed by atoms with Gasteiger partial charge in [-0.3, -0.25) is 4.79 Å². The van der Waals surface area contributed by atoms with E-state index in [4.69, 9.17) is 0 Å². The van der Waals surface area contributed by atoms with E-state index in [2.05, 4.69) is 15.0 Å². The number of aromatic nitrogens is 2. The topological polar surface area (TPSA) is 76.4 Å². The zero-order chi connectivity index (χ0) is 15.9. The molecule has 118 valence electrons. The normalized spacial score (nSPS) is 12.2. The Balaban J connectivity index is 1.81. The van der Waals surface area contributed by atoms with Gasteiger partial charge >= 0.3 is 6.61 Å². The van der Waals surface area contributed by atoms with Crippen molar-refractivity contribution in [2.75, 3.05) is 6.54 Å². The molecule has 1 amide bonds. The van der Waals surface area contributed by atoms with Crippen LogP contribution < -0.4 is 10.1 Å². The van der Waals surface area contributed by atoms with Crippen molar-refractivity contribution in [3.63, 3.8) is 0 Å². The molecular weight excluding hydrogens is 296 g/mol. The van der Waals surface area contributed by atoms with Crippen molar-refractivity contribution in [2.24, 2.45) is 0 Å². The highest BCUT2D eigenvalue weighted by Crippen LogP contribution is 2.18. The van der Waals surface area contributed by atoms with E-state index in [9.17, 15) is 18.7 Å². The third-order valence-corrected chi connectivity index (χ3v) is 2.87. The summed E-state index contributed by atoms with van der Waals surface area (Å²) in [7, 11) is 0. The summed E-state index contributed by atoms with van der Waals surface area (Å²) in [6, 6.07) is 5.59. The summed E-state index contributed by atoms with van der Waals surface area (Å²) in [5.74, 6) is -0.259. The second-order valence-electron chi connectivity index (χ2n) is 4.50. The molecule has 0 fully saturated rings. The highest BCUT2D eigenvalue weighted by molar-refractivity contribution is 5.75. The largest absolute Gasteiger partial charge is 0.435 e. The van der Waals surface area contributed by atoms with Crippen molar-refractivity contribution in [1.82, 2.24) is 14.9 Å². The summed E-state index contributed by atoms with van der Waals surface area (Å²) in [4.78, 5) is 15.5. The number of amides is 1. The third-order valence-electron chi connectivity index (χ3n) is 2.87. The molecule has 0 aliphatic rings. The number of halogens is 2. The van der Waals surface area contributed by atoms with E-state index >= 15 is 0 Å². The van der Waals surface area contributed by atoms with Gasteiger partial charge in [0.05, 0.1) is 12.4 Å². The van der Waals surface area contributed by atoms with Gasteiger partial charge in [0.15, 0.2) is 0 Å². The van der Waals surface area contributed by atoms with E-state index in [1.165, 1.54) is 30.6 Å². The number of rotatable bonds is 7. The van der Waals surface area contributed by atoms with Crippen LogP contribution in [0.4, 0.5) is 8.78 Å². The number of carbonyl (C=O) groups is 1. The van der Waals surface area contributed by atoms with Gasteiger partial charge in [-0.15, -0.1) is 0 Å². The fraction of sp³-hybridized carbons (Fsp3) is 0.286. The molecule has 0 radical (unpaired) electrons. The lowest BCUT2D eigenvalue weighted by Crippen LogP contribution is -2.31. The SMILES string of the molecule is O=C(Cn1ccnc1)NCC(O)c1ccc(OC(F)F)cc1. The van der Waals surface area contributed by atoms with Crippen LogP contribution >= 0.6 is 0 Å². The summed E-state index contributed by atoms with van der Waals surface area (Å²) >= 11 is 0. The van der Waals surface area contributed by atoms with Crippen molar-refractivity contribution < 1.29 is 23.4 Å². The number of aliphatic hydroxyl groups excluding tert-OH is 1. The van der Waals surface area contributed by atoms with E-state index in [1.807, 2.05) is 0 Å². The number of nitrogens with one attached hydrogen (secondary N) is 1. The predicted octanol–water partition coefficient (Wildman–Crippen LogP) is 1.33. The van der Waals surface area contributed by atoms with Gasteiger partial charge in [-0.25, -0.2) is 4.98 Å². The number of carbonyl (C=O) groups excluding carboxylic acids is 1. The van der Waals surface area contributed by atoms with Crippen LogP contribution in [0, 0.1) is 0 Å². The van der Waals surface area contributed by atoms with E-state index < -0.39 is 12.7 Å². The van der Waals surface area contributed by atoms with Crippen LogP contribution in [-0.4, -0.2) is 33.7 Å². The highest BCUT2D eigenvalue weighted by Gasteiger charge is 2.11. The van der Waals surface area contributed by atoms with Gasteiger partial charge in [0.25, 0.3) is 0 Å². The lowest BCUT2D eigenvalue weighted by Gasteiger charge is -2.13. The molecule has 1 unspecified atom stereocenters. The zero-order valence-electron chi connectivity index (χ0n) is 11.5. The number of alkyl halides is 2. The van der Waals surface area contributed by atoms with Crippen molar-refractivity contribution in [3.05, 3.63) is 48.5 Å². The molecule has 1 aromatic carbocycles. The van der Waals surface area contributed by atoms with Crippen molar-refractivity contribution in [1.29, 1.82) is 0 Å².